The molecule has 1 nitrogen and oxygen atoms in total. The van der Waals surface area contributed by atoms with Crippen LogP contribution in [-0.4, -0.2) is 6.54 Å². The lowest BCUT2D eigenvalue weighted by atomic mass is 9.67. The van der Waals surface area contributed by atoms with Crippen molar-refractivity contribution >= 4 is 23.2 Å². The molecule has 1 aromatic carbocycles. The van der Waals surface area contributed by atoms with E-state index in [-0.39, 0.29) is 5.41 Å². The van der Waals surface area contributed by atoms with Gasteiger partial charge >= 0.3 is 0 Å². The molecule has 17 heavy (non-hydrogen) atoms. The van der Waals surface area contributed by atoms with Gasteiger partial charge in [0.2, 0.25) is 0 Å². The molecule has 0 radical (unpaired) electrons. The van der Waals surface area contributed by atoms with E-state index in [1.807, 2.05) is 12.1 Å². The zero-order valence-electron chi connectivity index (χ0n) is 10.0. The first-order valence-corrected chi connectivity index (χ1v) is 7.09. The summed E-state index contributed by atoms with van der Waals surface area (Å²) in [6.45, 7) is 0.721. The molecular weight excluding hydrogens is 253 g/mol. The summed E-state index contributed by atoms with van der Waals surface area (Å²) in [6, 6.07) is 5.88. The van der Waals surface area contributed by atoms with Gasteiger partial charge in [-0.15, -0.1) is 0 Å². The Kier molecular flexibility index (Phi) is 4.35. The molecule has 2 N–H and O–H groups in total. The highest BCUT2D eigenvalue weighted by atomic mass is 35.5. The first-order valence-electron chi connectivity index (χ1n) is 6.33. The van der Waals surface area contributed by atoms with Crippen LogP contribution in [-0.2, 0) is 5.41 Å². The predicted octanol–water partition coefficient (Wildman–Crippen LogP) is 4.54. The molecule has 1 saturated carbocycles. The minimum absolute atomic E-state index is 0.189. The number of rotatable bonds is 3. The molecule has 0 aromatic heterocycles. The summed E-state index contributed by atoms with van der Waals surface area (Å²) < 4.78 is 0. The molecule has 1 aliphatic rings. The Morgan fingerprint density at radius 3 is 2.41 bits per heavy atom. The van der Waals surface area contributed by atoms with Crippen LogP contribution in [0.25, 0.3) is 0 Å². The van der Waals surface area contributed by atoms with Gasteiger partial charge in [-0.05, 0) is 48.9 Å². The molecule has 1 aromatic rings. The smallest absolute Gasteiger partial charge is 0.0458 e. The lowest BCUT2D eigenvalue weighted by molar-refractivity contribution is 0.278. The van der Waals surface area contributed by atoms with Crippen LogP contribution >= 0.6 is 23.2 Å². The summed E-state index contributed by atoms with van der Waals surface area (Å²) >= 11 is 12.3. The minimum atomic E-state index is 0.189. The number of benzene rings is 1. The van der Waals surface area contributed by atoms with Gasteiger partial charge in [0.25, 0.3) is 0 Å². The SMILES string of the molecule is NCCC1(c2ccc(Cl)cc2Cl)CCCCC1. The molecule has 1 aliphatic carbocycles. The van der Waals surface area contributed by atoms with Crippen LogP contribution in [0.4, 0.5) is 0 Å². The van der Waals surface area contributed by atoms with Crippen LogP contribution in [0.2, 0.25) is 10.0 Å². The summed E-state index contributed by atoms with van der Waals surface area (Å²) in [5.74, 6) is 0. The normalized spacial score (nSPS) is 19.2. The van der Waals surface area contributed by atoms with Gasteiger partial charge in [0.05, 0.1) is 0 Å². The highest BCUT2D eigenvalue weighted by Gasteiger charge is 2.34. The van der Waals surface area contributed by atoms with Crippen molar-refractivity contribution in [2.24, 2.45) is 5.73 Å². The van der Waals surface area contributed by atoms with Crippen LogP contribution in [0.5, 0.6) is 0 Å². The van der Waals surface area contributed by atoms with E-state index in [1.54, 1.807) is 0 Å². The van der Waals surface area contributed by atoms with Crippen molar-refractivity contribution in [3.63, 3.8) is 0 Å². The summed E-state index contributed by atoms with van der Waals surface area (Å²) in [5, 5.41) is 1.50. The van der Waals surface area contributed by atoms with Gasteiger partial charge in [-0.25, -0.2) is 0 Å². The molecule has 0 bridgehead atoms. The highest BCUT2D eigenvalue weighted by Crippen LogP contribution is 2.44. The molecule has 0 spiro atoms. The lowest BCUT2D eigenvalue weighted by Crippen LogP contribution is -2.32. The highest BCUT2D eigenvalue weighted by molar-refractivity contribution is 6.35. The second kappa shape index (κ2) is 5.60. The Labute approximate surface area is 113 Å². The number of nitrogens with two attached hydrogens (primary N) is 1. The second-order valence-corrected chi connectivity index (χ2v) is 5.85. The minimum Gasteiger partial charge on any atom is -0.330 e. The zero-order valence-corrected chi connectivity index (χ0v) is 11.5. The van der Waals surface area contributed by atoms with E-state index >= 15 is 0 Å². The number of halogens is 2. The van der Waals surface area contributed by atoms with E-state index in [0.717, 1.165) is 18.0 Å². The van der Waals surface area contributed by atoms with Crippen LogP contribution in [0.1, 0.15) is 44.1 Å². The van der Waals surface area contributed by atoms with Crippen molar-refractivity contribution in [2.75, 3.05) is 6.54 Å². The first kappa shape index (κ1) is 13.2. The van der Waals surface area contributed by atoms with Gasteiger partial charge in [-0.3, -0.25) is 0 Å². The van der Waals surface area contributed by atoms with Gasteiger partial charge in [0.15, 0.2) is 0 Å². The van der Waals surface area contributed by atoms with Crippen LogP contribution in [0.3, 0.4) is 0 Å². The molecule has 3 heteroatoms. The van der Waals surface area contributed by atoms with Crippen molar-refractivity contribution in [2.45, 2.75) is 43.9 Å². The maximum Gasteiger partial charge on any atom is 0.0458 e. The average Bonchev–Trinajstić information content (AvgIpc) is 2.30. The molecule has 0 aliphatic heterocycles. The third-order valence-electron chi connectivity index (χ3n) is 3.94. The Hall–Kier alpha value is -0.240. The molecule has 2 rings (SSSR count). The Morgan fingerprint density at radius 2 is 1.82 bits per heavy atom. The van der Waals surface area contributed by atoms with Crippen molar-refractivity contribution in [3.05, 3.63) is 33.8 Å². The maximum atomic E-state index is 6.36. The van der Waals surface area contributed by atoms with Gasteiger partial charge in [0.1, 0.15) is 0 Å². The van der Waals surface area contributed by atoms with E-state index in [1.165, 1.54) is 37.7 Å². The van der Waals surface area contributed by atoms with E-state index in [9.17, 15) is 0 Å². The van der Waals surface area contributed by atoms with E-state index < -0.39 is 0 Å². The molecule has 1 fully saturated rings. The molecule has 0 saturated heterocycles. The summed E-state index contributed by atoms with van der Waals surface area (Å²) in [7, 11) is 0. The van der Waals surface area contributed by atoms with Crippen molar-refractivity contribution in [1.29, 1.82) is 0 Å². The topological polar surface area (TPSA) is 26.0 Å². The summed E-state index contributed by atoms with van der Waals surface area (Å²) in [6.07, 6.45) is 7.31. The fraction of sp³-hybridized carbons (Fsp3) is 0.571. The predicted molar refractivity (Wildman–Crippen MR) is 74.9 cm³/mol. The Bertz CT molecular complexity index is 378. The quantitative estimate of drug-likeness (QED) is 0.858. The molecular formula is C14H19Cl2N. The maximum absolute atomic E-state index is 6.36. The van der Waals surface area contributed by atoms with E-state index in [4.69, 9.17) is 28.9 Å². The second-order valence-electron chi connectivity index (χ2n) is 5.00. The first-order chi connectivity index (χ1) is 8.18. The van der Waals surface area contributed by atoms with Crippen molar-refractivity contribution in [3.8, 4) is 0 Å². The fourth-order valence-electron chi connectivity index (χ4n) is 3.08. The number of hydrogen-bond donors (Lipinski definition) is 1. The monoisotopic (exact) mass is 271 g/mol. The molecule has 94 valence electrons. The third-order valence-corrected chi connectivity index (χ3v) is 4.48. The number of hydrogen-bond acceptors (Lipinski definition) is 1. The van der Waals surface area contributed by atoms with E-state index in [2.05, 4.69) is 6.07 Å². The fourth-order valence-corrected chi connectivity index (χ4v) is 3.69. The standard InChI is InChI=1S/C14H19Cl2N/c15-11-4-5-12(13(16)10-11)14(8-9-17)6-2-1-3-7-14/h4-5,10H,1-3,6-9,17H2. The van der Waals surface area contributed by atoms with Gasteiger partial charge < -0.3 is 5.73 Å². The molecule has 0 atom stereocenters. The van der Waals surface area contributed by atoms with Gasteiger partial charge in [-0.1, -0.05) is 48.5 Å². The largest absolute Gasteiger partial charge is 0.330 e. The van der Waals surface area contributed by atoms with Gasteiger partial charge in [0, 0.05) is 10.0 Å². The Balaban J connectivity index is 2.37. The van der Waals surface area contributed by atoms with Crippen molar-refractivity contribution < 1.29 is 0 Å². The third kappa shape index (κ3) is 2.78. The molecule has 0 amide bonds. The van der Waals surface area contributed by atoms with Gasteiger partial charge in [-0.2, -0.15) is 0 Å². The van der Waals surface area contributed by atoms with E-state index in [0.29, 0.717) is 5.02 Å². The zero-order chi connectivity index (χ0) is 12.3. The van der Waals surface area contributed by atoms with Crippen LogP contribution in [0.15, 0.2) is 18.2 Å². The molecule has 0 unspecified atom stereocenters. The average molecular weight is 272 g/mol. The lowest BCUT2D eigenvalue weighted by Gasteiger charge is -2.38. The van der Waals surface area contributed by atoms with Crippen molar-refractivity contribution in [1.82, 2.24) is 0 Å². The summed E-state index contributed by atoms with van der Waals surface area (Å²) in [4.78, 5) is 0. The summed E-state index contributed by atoms with van der Waals surface area (Å²) in [5.41, 5.74) is 7.23. The molecule has 0 heterocycles. The van der Waals surface area contributed by atoms with Crippen LogP contribution < -0.4 is 5.73 Å². The Morgan fingerprint density at radius 1 is 1.12 bits per heavy atom. The van der Waals surface area contributed by atoms with Crippen LogP contribution in [0, 0.1) is 0 Å².